The summed E-state index contributed by atoms with van der Waals surface area (Å²) in [6.45, 7) is 2.25. The quantitative estimate of drug-likeness (QED) is 0.577. The van der Waals surface area contributed by atoms with Crippen LogP contribution in [0.15, 0.2) is 41.1 Å². The van der Waals surface area contributed by atoms with Crippen molar-refractivity contribution < 1.29 is 0 Å². The van der Waals surface area contributed by atoms with Gasteiger partial charge in [-0.15, -0.1) is 0 Å². The van der Waals surface area contributed by atoms with Crippen molar-refractivity contribution >= 4 is 6.21 Å². The van der Waals surface area contributed by atoms with Crippen LogP contribution < -0.4 is 0 Å². The van der Waals surface area contributed by atoms with Crippen LogP contribution in [0.1, 0.15) is 19.8 Å². The predicted octanol–water partition coefficient (Wildman–Crippen LogP) is 3.11. The Morgan fingerprint density at radius 2 is 2.31 bits per heavy atom. The van der Waals surface area contributed by atoms with Crippen molar-refractivity contribution in [2.75, 3.05) is 0 Å². The zero-order valence-corrected chi connectivity index (χ0v) is 7.98. The number of allylic oxidation sites excluding steroid dienone is 5. The summed E-state index contributed by atoms with van der Waals surface area (Å²) in [5.41, 5.74) is 1.44. The Labute approximate surface area is 79.6 Å². The largest absolute Gasteiger partial charge is 0.269 e. The summed E-state index contributed by atoms with van der Waals surface area (Å²) in [5, 5.41) is 0. The van der Waals surface area contributed by atoms with Crippen molar-refractivity contribution in [1.82, 2.24) is 0 Å². The van der Waals surface area contributed by atoms with Gasteiger partial charge in [0.1, 0.15) is 0 Å². The second kappa shape index (κ2) is 3.73. The van der Waals surface area contributed by atoms with Crippen LogP contribution in [-0.4, -0.2) is 6.21 Å². The Hall–Kier alpha value is -1.11. The van der Waals surface area contributed by atoms with Crippen LogP contribution in [0, 0.1) is 11.8 Å². The van der Waals surface area contributed by atoms with Crippen LogP contribution in [0.25, 0.3) is 0 Å². The standard InChI is InChI=1S/C12H15N/c1-10-4-6-11(7-5-10)12-3-2-8-13-9-12/h2,4,6-10,12H,3,5H2,1H3/t10-,12?/m1/s1. The molecular weight excluding hydrogens is 158 g/mol. The summed E-state index contributed by atoms with van der Waals surface area (Å²) < 4.78 is 0. The monoisotopic (exact) mass is 173 g/mol. The molecule has 2 rings (SSSR count). The average molecular weight is 173 g/mol. The molecule has 1 heteroatoms. The molecule has 0 spiro atoms. The molecule has 0 fully saturated rings. The smallest absolute Gasteiger partial charge is 0.0225 e. The summed E-state index contributed by atoms with van der Waals surface area (Å²) in [6, 6.07) is 0. The molecule has 0 saturated carbocycles. The summed E-state index contributed by atoms with van der Waals surface area (Å²) in [5.74, 6) is 1.23. The Morgan fingerprint density at radius 1 is 1.38 bits per heavy atom. The summed E-state index contributed by atoms with van der Waals surface area (Å²) in [6.07, 6.45) is 15.2. The maximum Gasteiger partial charge on any atom is 0.0225 e. The predicted molar refractivity (Wildman–Crippen MR) is 56.7 cm³/mol. The molecule has 0 radical (unpaired) electrons. The average Bonchev–Trinajstić information content (AvgIpc) is 2.20. The molecule has 0 bridgehead atoms. The minimum absolute atomic E-state index is 0.522. The van der Waals surface area contributed by atoms with E-state index in [1.807, 2.05) is 12.4 Å². The minimum Gasteiger partial charge on any atom is -0.269 e. The molecule has 68 valence electrons. The molecule has 0 N–H and O–H groups in total. The van der Waals surface area contributed by atoms with Gasteiger partial charge in [-0.3, -0.25) is 4.99 Å². The summed E-state index contributed by atoms with van der Waals surface area (Å²) >= 11 is 0. The van der Waals surface area contributed by atoms with Crippen LogP contribution in [0.4, 0.5) is 0 Å². The first-order valence-corrected chi connectivity index (χ1v) is 4.93. The highest BCUT2D eigenvalue weighted by atomic mass is 14.7. The zero-order valence-electron chi connectivity index (χ0n) is 7.98. The maximum atomic E-state index is 4.17. The molecule has 1 aliphatic heterocycles. The molecule has 1 unspecified atom stereocenters. The van der Waals surface area contributed by atoms with E-state index in [-0.39, 0.29) is 0 Å². The Morgan fingerprint density at radius 3 is 2.92 bits per heavy atom. The highest BCUT2D eigenvalue weighted by Crippen LogP contribution is 2.24. The first-order chi connectivity index (χ1) is 6.36. The topological polar surface area (TPSA) is 12.4 Å². The van der Waals surface area contributed by atoms with Gasteiger partial charge >= 0.3 is 0 Å². The molecule has 0 aromatic carbocycles. The second-order valence-electron chi connectivity index (χ2n) is 3.80. The molecule has 1 aliphatic carbocycles. The summed E-state index contributed by atoms with van der Waals surface area (Å²) in [7, 11) is 0. The lowest BCUT2D eigenvalue weighted by Gasteiger charge is -2.18. The summed E-state index contributed by atoms with van der Waals surface area (Å²) in [4.78, 5) is 4.17. The molecule has 1 heterocycles. The van der Waals surface area contributed by atoms with Gasteiger partial charge in [0.05, 0.1) is 0 Å². The van der Waals surface area contributed by atoms with Crippen LogP contribution in [0.3, 0.4) is 0 Å². The van der Waals surface area contributed by atoms with Gasteiger partial charge in [0.25, 0.3) is 0 Å². The van der Waals surface area contributed by atoms with Gasteiger partial charge < -0.3 is 0 Å². The fourth-order valence-electron chi connectivity index (χ4n) is 1.72. The molecule has 0 amide bonds. The van der Waals surface area contributed by atoms with E-state index in [9.17, 15) is 0 Å². The Bertz CT molecular complexity index is 294. The van der Waals surface area contributed by atoms with Crippen molar-refractivity contribution in [3.8, 4) is 0 Å². The third kappa shape index (κ3) is 1.97. The molecule has 0 saturated heterocycles. The normalized spacial score (nSPS) is 31.9. The third-order valence-corrected chi connectivity index (χ3v) is 2.62. The molecule has 0 aromatic rings. The Balaban J connectivity index is 2.06. The van der Waals surface area contributed by atoms with Crippen LogP contribution in [-0.2, 0) is 0 Å². The van der Waals surface area contributed by atoms with Crippen molar-refractivity contribution in [3.63, 3.8) is 0 Å². The van der Waals surface area contributed by atoms with Gasteiger partial charge in [-0.1, -0.05) is 31.2 Å². The first-order valence-electron chi connectivity index (χ1n) is 4.93. The third-order valence-electron chi connectivity index (χ3n) is 2.62. The lowest BCUT2D eigenvalue weighted by molar-refractivity contribution is 0.711. The van der Waals surface area contributed by atoms with Crippen molar-refractivity contribution in [1.29, 1.82) is 0 Å². The molecule has 2 aliphatic rings. The van der Waals surface area contributed by atoms with Gasteiger partial charge in [0.15, 0.2) is 0 Å². The number of hydrogen-bond acceptors (Lipinski definition) is 1. The lowest BCUT2D eigenvalue weighted by atomic mass is 9.89. The van der Waals surface area contributed by atoms with Gasteiger partial charge in [0, 0.05) is 18.3 Å². The van der Waals surface area contributed by atoms with E-state index in [4.69, 9.17) is 0 Å². The van der Waals surface area contributed by atoms with E-state index >= 15 is 0 Å². The lowest BCUT2D eigenvalue weighted by Crippen LogP contribution is -2.08. The van der Waals surface area contributed by atoms with E-state index < -0.39 is 0 Å². The molecular formula is C12H15N. The molecule has 2 atom stereocenters. The number of hydrogen-bond donors (Lipinski definition) is 0. The first kappa shape index (κ1) is 8.49. The van der Waals surface area contributed by atoms with Crippen LogP contribution in [0.2, 0.25) is 0 Å². The fourth-order valence-corrected chi connectivity index (χ4v) is 1.72. The molecule has 0 aromatic heterocycles. The van der Waals surface area contributed by atoms with Gasteiger partial charge in [-0.25, -0.2) is 0 Å². The van der Waals surface area contributed by atoms with Crippen molar-refractivity contribution in [2.24, 2.45) is 16.8 Å². The van der Waals surface area contributed by atoms with Gasteiger partial charge in [-0.2, -0.15) is 0 Å². The van der Waals surface area contributed by atoms with E-state index in [1.54, 1.807) is 0 Å². The Kier molecular flexibility index (Phi) is 2.44. The van der Waals surface area contributed by atoms with E-state index in [1.165, 1.54) is 12.0 Å². The molecule has 1 nitrogen and oxygen atoms in total. The maximum absolute atomic E-state index is 4.17. The van der Waals surface area contributed by atoms with Gasteiger partial charge in [0.2, 0.25) is 0 Å². The van der Waals surface area contributed by atoms with E-state index in [2.05, 4.69) is 36.2 Å². The number of aliphatic imine (C=N–C) groups is 1. The highest BCUT2D eigenvalue weighted by Gasteiger charge is 2.12. The van der Waals surface area contributed by atoms with E-state index in [0.29, 0.717) is 11.8 Å². The number of nitrogens with zero attached hydrogens (tertiary/aromatic N) is 1. The SMILES string of the molecule is C[C@@H]1C=CC(C2C=NC=CC2)=CC1. The van der Waals surface area contributed by atoms with Crippen molar-refractivity contribution in [3.05, 3.63) is 36.1 Å². The minimum atomic E-state index is 0.522. The zero-order chi connectivity index (χ0) is 9.10. The van der Waals surface area contributed by atoms with Gasteiger partial charge in [-0.05, 0) is 24.3 Å². The van der Waals surface area contributed by atoms with Crippen LogP contribution in [0.5, 0.6) is 0 Å². The van der Waals surface area contributed by atoms with Crippen LogP contribution >= 0.6 is 0 Å². The molecule has 13 heavy (non-hydrogen) atoms. The second-order valence-corrected chi connectivity index (χ2v) is 3.80. The fraction of sp³-hybridized carbons (Fsp3) is 0.417. The van der Waals surface area contributed by atoms with E-state index in [0.717, 1.165) is 6.42 Å². The highest BCUT2D eigenvalue weighted by molar-refractivity contribution is 5.68. The number of rotatable bonds is 1. The van der Waals surface area contributed by atoms with Crippen molar-refractivity contribution in [2.45, 2.75) is 19.8 Å².